The van der Waals surface area contributed by atoms with E-state index in [0.29, 0.717) is 25.2 Å². The molecule has 0 spiro atoms. The summed E-state index contributed by atoms with van der Waals surface area (Å²) in [5, 5.41) is 4.02. The molecule has 6 heteroatoms. The zero-order valence-electron chi connectivity index (χ0n) is 18.1. The lowest BCUT2D eigenvalue weighted by molar-refractivity contribution is -0.886. The number of nitrogens with zero attached hydrogens (tertiary/aromatic N) is 1. The van der Waals surface area contributed by atoms with Crippen molar-refractivity contribution in [3.63, 3.8) is 0 Å². The summed E-state index contributed by atoms with van der Waals surface area (Å²) in [6.07, 6.45) is 2.50. The van der Waals surface area contributed by atoms with Crippen molar-refractivity contribution in [1.29, 1.82) is 0 Å². The van der Waals surface area contributed by atoms with Crippen molar-refractivity contribution in [2.45, 2.75) is 32.9 Å². The molecule has 31 heavy (non-hydrogen) atoms. The van der Waals surface area contributed by atoms with E-state index in [1.807, 2.05) is 61.5 Å². The number of aryl methyl sites for hydroxylation is 1. The number of urea groups is 1. The van der Waals surface area contributed by atoms with E-state index in [9.17, 15) is 9.59 Å². The molecule has 1 aromatic heterocycles. The van der Waals surface area contributed by atoms with E-state index in [1.165, 1.54) is 17.7 Å². The summed E-state index contributed by atoms with van der Waals surface area (Å²) in [4.78, 5) is 32.1. The van der Waals surface area contributed by atoms with Crippen molar-refractivity contribution in [2.24, 2.45) is 0 Å². The normalized spacial score (nSPS) is 14.1. The summed E-state index contributed by atoms with van der Waals surface area (Å²) in [7, 11) is 0. The highest BCUT2D eigenvalue weighted by molar-refractivity contribution is 5.82. The average Bonchev–Trinajstić information content (AvgIpc) is 3.30. The molecule has 0 atom stereocenters. The second kappa shape index (κ2) is 9.79. The molecule has 0 saturated carbocycles. The Hall–Kier alpha value is -3.12. The topological polar surface area (TPSA) is 69.6 Å². The molecule has 3 aromatic rings. The van der Waals surface area contributed by atoms with Crippen LogP contribution in [0.25, 0.3) is 10.9 Å². The summed E-state index contributed by atoms with van der Waals surface area (Å²) in [5.74, 6) is 0. The molecule has 0 radical (unpaired) electrons. The Morgan fingerprint density at radius 3 is 2.65 bits per heavy atom. The predicted octanol–water partition coefficient (Wildman–Crippen LogP) is 2.23. The Bertz CT molecular complexity index is 1090. The Labute approximate surface area is 182 Å². The third-order valence-electron chi connectivity index (χ3n) is 6.15. The quantitative estimate of drug-likeness (QED) is 0.550. The van der Waals surface area contributed by atoms with E-state index in [2.05, 4.69) is 10.3 Å². The van der Waals surface area contributed by atoms with Gasteiger partial charge in [0.1, 0.15) is 0 Å². The van der Waals surface area contributed by atoms with Crippen LogP contribution in [0.1, 0.15) is 29.5 Å². The van der Waals surface area contributed by atoms with Gasteiger partial charge in [-0.1, -0.05) is 48.5 Å². The minimum atomic E-state index is -0.133. The second-order valence-corrected chi connectivity index (χ2v) is 8.44. The molecule has 4 rings (SSSR count). The van der Waals surface area contributed by atoms with Gasteiger partial charge in [-0.15, -0.1) is 0 Å². The van der Waals surface area contributed by atoms with Crippen molar-refractivity contribution in [3.8, 4) is 0 Å². The van der Waals surface area contributed by atoms with Crippen molar-refractivity contribution in [3.05, 3.63) is 81.6 Å². The highest BCUT2D eigenvalue weighted by Gasteiger charge is 2.21. The first kappa shape index (κ1) is 21.1. The maximum absolute atomic E-state index is 13.0. The standard InChI is InChI=1S/C25H30N4O2/c1-19-8-7-11-21-16-22(24(30)27-23(19)21)18-29(15-14-28-12-5-6-13-28)25(31)26-17-20-9-3-2-4-10-20/h2-4,7-11,16H,5-6,12-15,17-18H2,1H3,(H,26,31)(H,27,30)/p+1. The Morgan fingerprint density at radius 2 is 1.87 bits per heavy atom. The summed E-state index contributed by atoms with van der Waals surface area (Å²) in [6.45, 7) is 6.61. The van der Waals surface area contributed by atoms with Crippen LogP contribution >= 0.6 is 0 Å². The number of likely N-dealkylation sites (tertiary alicyclic amines) is 1. The van der Waals surface area contributed by atoms with Gasteiger partial charge in [0, 0.05) is 24.9 Å². The number of fused-ring (bicyclic) bond motifs is 1. The number of aromatic nitrogens is 1. The molecule has 1 aliphatic heterocycles. The molecule has 1 aliphatic rings. The monoisotopic (exact) mass is 419 g/mol. The van der Waals surface area contributed by atoms with Crippen LogP contribution in [0.15, 0.2) is 59.4 Å². The number of amides is 2. The van der Waals surface area contributed by atoms with Crippen molar-refractivity contribution in [2.75, 3.05) is 26.2 Å². The fourth-order valence-corrected chi connectivity index (χ4v) is 4.31. The Kier molecular flexibility index (Phi) is 6.67. The summed E-state index contributed by atoms with van der Waals surface area (Å²) in [6, 6.07) is 17.6. The van der Waals surface area contributed by atoms with Crippen LogP contribution in [-0.4, -0.2) is 42.1 Å². The molecule has 0 unspecified atom stereocenters. The van der Waals surface area contributed by atoms with Gasteiger partial charge in [-0.3, -0.25) is 4.79 Å². The minimum absolute atomic E-state index is 0.129. The van der Waals surface area contributed by atoms with Gasteiger partial charge in [-0.25, -0.2) is 4.79 Å². The first-order valence-electron chi connectivity index (χ1n) is 11.1. The van der Waals surface area contributed by atoms with Gasteiger partial charge in [0.2, 0.25) is 0 Å². The van der Waals surface area contributed by atoms with Gasteiger partial charge in [-0.05, 0) is 29.5 Å². The minimum Gasteiger partial charge on any atom is -0.334 e. The fraction of sp³-hybridized carbons (Fsp3) is 0.360. The maximum atomic E-state index is 13.0. The molecule has 0 aliphatic carbocycles. The molecule has 1 fully saturated rings. The number of hydrogen-bond donors (Lipinski definition) is 3. The van der Waals surface area contributed by atoms with Crippen LogP contribution in [0.3, 0.4) is 0 Å². The maximum Gasteiger partial charge on any atom is 0.318 e. The van der Waals surface area contributed by atoms with E-state index in [1.54, 1.807) is 4.90 Å². The van der Waals surface area contributed by atoms with Crippen LogP contribution in [0.5, 0.6) is 0 Å². The summed E-state index contributed by atoms with van der Waals surface area (Å²) >= 11 is 0. The lowest BCUT2D eigenvalue weighted by Crippen LogP contribution is -3.10. The number of carbonyl (C=O) groups is 1. The van der Waals surface area contributed by atoms with Crippen molar-refractivity contribution >= 4 is 16.9 Å². The van der Waals surface area contributed by atoms with Gasteiger partial charge < -0.3 is 20.1 Å². The molecule has 6 nitrogen and oxygen atoms in total. The molecule has 2 amide bonds. The third-order valence-corrected chi connectivity index (χ3v) is 6.15. The number of nitrogens with one attached hydrogen (secondary N) is 3. The molecule has 1 saturated heterocycles. The van der Waals surface area contributed by atoms with Crippen LogP contribution in [0, 0.1) is 6.92 Å². The molecule has 2 heterocycles. The number of carbonyl (C=O) groups excluding carboxylic acids is 1. The summed E-state index contributed by atoms with van der Waals surface area (Å²) in [5.41, 5.74) is 3.44. The zero-order valence-corrected chi connectivity index (χ0v) is 18.1. The molecular weight excluding hydrogens is 388 g/mol. The predicted molar refractivity (Wildman–Crippen MR) is 123 cm³/mol. The lowest BCUT2D eigenvalue weighted by Gasteiger charge is -2.24. The second-order valence-electron chi connectivity index (χ2n) is 8.44. The smallest absolute Gasteiger partial charge is 0.318 e. The Balaban J connectivity index is 1.51. The molecule has 3 N–H and O–H groups in total. The number of H-pyrrole nitrogens is 1. The van der Waals surface area contributed by atoms with Crippen molar-refractivity contribution < 1.29 is 9.69 Å². The number of rotatable bonds is 7. The van der Waals surface area contributed by atoms with Gasteiger partial charge in [0.05, 0.1) is 38.2 Å². The SMILES string of the molecule is Cc1cccc2cc(CN(CC[NH+]3CCCC3)C(=O)NCc3ccccc3)c(=O)[nH]c12. The van der Waals surface area contributed by atoms with Crippen LogP contribution in [0.2, 0.25) is 0 Å². The number of aromatic amines is 1. The van der Waals surface area contributed by atoms with E-state index >= 15 is 0 Å². The third kappa shape index (κ3) is 5.33. The Morgan fingerprint density at radius 1 is 1.10 bits per heavy atom. The average molecular weight is 420 g/mol. The van der Waals surface area contributed by atoms with Gasteiger partial charge in [-0.2, -0.15) is 0 Å². The van der Waals surface area contributed by atoms with Crippen LogP contribution in [-0.2, 0) is 13.1 Å². The van der Waals surface area contributed by atoms with E-state index in [0.717, 1.165) is 41.7 Å². The highest BCUT2D eigenvalue weighted by Crippen LogP contribution is 2.15. The molecule has 162 valence electrons. The number of hydrogen-bond acceptors (Lipinski definition) is 2. The van der Waals surface area contributed by atoms with Gasteiger partial charge in [0.25, 0.3) is 5.56 Å². The van der Waals surface area contributed by atoms with Crippen LogP contribution < -0.4 is 15.8 Å². The zero-order chi connectivity index (χ0) is 21.6. The van der Waals surface area contributed by atoms with Gasteiger partial charge >= 0.3 is 6.03 Å². The summed E-state index contributed by atoms with van der Waals surface area (Å²) < 4.78 is 0. The first-order chi connectivity index (χ1) is 15.1. The number of para-hydroxylation sites is 1. The molecule has 2 aromatic carbocycles. The molecular formula is C25H31N4O2+. The number of benzene rings is 2. The van der Waals surface area contributed by atoms with Crippen molar-refractivity contribution in [1.82, 2.24) is 15.2 Å². The largest absolute Gasteiger partial charge is 0.334 e. The van der Waals surface area contributed by atoms with E-state index in [-0.39, 0.29) is 11.6 Å². The van der Waals surface area contributed by atoms with E-state index in [4.69, 9.17) is 0 Å². The van der Waals surface area contributed by atoms with Gasteiger partial charge in [0.15, 0.2) is 0 Å². The number of quaternary nitrogens is 1. The fourth-order valence-electron chi connectivity index (χ4n) is 4.31. The molecule has 0 bridgehead atoms. The van der Waals surface area contributed by atoms with Crippen LogP contribution in [0.4, 0.5) is 4.79 Å². The highest BCUT2D eigenvalue weighted by atomic mass is 16.2. The first-order valence-corrected chi connectivity index (χ1v) is 11.1. The lowest BCUT2D eigenvalue weighted by atomic mass is 10.1. The van der Waals surface area contributed by atoms with E-state index < -0.39 is 0 Å². The number of pyridine rings is 1.